The highest BCUT2D eigenvalue weighted by Gasteiger charge is 2.37. The second kappa shape index (κ2) is 5.14. The number of urea groups is 1. The van der Waals surface area contributed by atoms with Crippen LogP contribution in [0.3, 0.4) is 0 Å². The minimum atomic E-state index is -0.962. The third-order valence-corrected chi connectivity index (χ3v) is 3.57. The van der Waals surface area contributed by atoms with Gasteiger partial charge in [0, 0.05) is 13.2 Å². The van der Waals surface area contributed by atoms with Crippen molar-refractivity contribution < 1.29 is 19.4 Å². The van der Waals surface area contributed by atoms with E-state index in [0.717, 1.165) is 32.3 Å². The predicted molar refractivity (Wildman–Crippen MR) is 64.3 cm³/mol. The van der Waals surface area contributed by atoms with Crippen molar-refractivity contribution in [3.63, 3.8) is 0 Å². The van der Waals surface area contributed by atoms with Gasteiger partial charge in [-0.15, -0.1) is 0 Å². The van der Waals surface area contributed by atoms with Gasteiger partial charge in [-0.05, 0) is 38.5 Å². The van der Waals surface area contributed by atoms with Crippen molar-refractivity contribution in [3.05, 3.63) is 0 Å². The molecule has 0 bridgehead atoms. The van der Waals surface area contributed by atoms with Gasteiger partial charge in [0.05, 0.1) is 5.60 Å². The normalized spacial score (nSPS) is 28.7. The molecule has 102 valence electrons. The quantitative estimate of drug-likeness (QED) is 0.676. The fourth-order valence-electron chi connectivity index (χ4n) is 2.25. The zero-order valence-corrected chi connectivity index (χ0v) is 10.6. The van der Waals surface area contributed by atoms with E-state index in [4.69, 9.17) is 9.84 Å². The number of carboxylic acid groups (broad SMARTS) is 1. The highest BCUT2D eigenvalue weighted by molar-refractivity contribution is 5.83. The first-order valence-electron chi connectivity index (χ1n) is 6.41. The number of carbonyl (C=O) groups is 2. The number of amides is 2. The third kappa shape index (κ3) is 3.35. The van der Waals surface area contributed by atoms with Gasteiger partial charge < -0.3 is 20.5 Å². The van der Waals surface area contributed by atoms with Crippen molar-refractivity contribution in [1.82, 2.24) is 10.6 Å². The maximum absolute atomic E-state index is 11.6. The number of carbonyl (C=O) groups excluding carboxylic acids is 1. The number of rotatable bonds is 5. The molecule has 2 unspecified atom stereocenters. The lowest BCUT2D eigenvalue weighted by Gasteiger charge is -2.24. The zero-order valence-electron chi connectivity index (χ0n) is 10.6. The lowest BCUT2D eigenvalue weighted by Crippen LogP contribution is -2.50. The average molecular weight is 256 g/mol. The molecule has 2 amide bonds. The van der Waals surface area contributed by atoms with Crippen LogP contribution in [0.15, 0.2) is 0 Å². The number of nitrogens with one attached hydrogen (secondary N) is 2. The van der Waals surface area contributed by atoms with Crippen LogP contribution in [0, 0.1) is 5.92 Å². The molecule has 2 fully saturated rings. The summed E-state index contributed by atoms with van der Waals surface area (Å²) in [5.41, 5.74) is -0.310. The summed E-state index contributed by atoms with van der Waals surface area (Å²) in [6.45, 7) is 3.09. The van der Waals surface area contributed by atoms with Gasteiger partial charge >= 0.3 is 12.0 Å². The molecule has 2 aliphatic rings. The van der Waals surface area contributed by atoms with E-state index >= 15 is 0 Å². The molecule has 1 aliphatic heterocycles. The van der Waals surface area contributed by atoms with Crippen LogP contribution in [0.4, 0.5) is 4.79 Å². The number of hydrogen-bond acceptors (Lipinski definition) is 3. The Morgan fingerprint density at radius 3 is 2.72 bits per heavy atom. The molecule has 1 aliphatic carbocycles. The predicted octanol–water partition coefficient (Wildman–Crippen LogP) is 0.718. The van der Waals surface area contributed by atoms with Gasteiger partial charge in [-0.2, -0.15) is 0 Å². The van der Waals surface area contributed by atoms with Crippen molar-refractivity contribution in [2.75, 3.05) is 13.2 Å². The summed E-state index contributed by atoms with van der Waals surface area (Å²) < 4.78 is 5.54. The van der Waals surface area contributed by atoms with E-state index in [1.807, 2.05) is 6.92 Å². The topological polar surface area (TPSA) is 87.7 Å². The van der Waals surface area contributed by atoms with Gasteiger partial charge in [0.2, 0.25) is 0 Å². The number of aliphatic carboxylic acids is 1. The number of ether oxygens (including phenoxy) is 1. The molecule has 1 saturated carbocycles. The van der Waals surface area contributed by atoms with Crippen molar-refractivity contribution in [1.29, 1.82) is 0 Å². The largest absolute Gasteiger partial charge is 0.480 e. The average Bonchev–Trinajstić information content (AvgIpc) is 3.06. The van der Waals surface area contributed by atoms with Crippen LogP contribution in [0.1, 0.15) is 32.6 Å². The summed E-state index contributed by atoms with van der Waals surface area (Å²) >= 11 is 0. The Bertz CT molecular complexity index is 335. The molecule has 3 N–H and O–H groups in total. The van der Waals surface area contributed by atoms with Crippen LogP contribution >= 0.6 is 0 Å². The van der Waals surface area contributed by atoms with E-state index in [9.17, 15) is 9.59 Å². The Morgan fingerprint density at radius 1 is 1.50 bits per heavy atom. The fraction of sp³-hybridized carbons (Fsp3) is 0.833. The van der Waals surface area contributed by atoms with Crippen LogP contribution in [0.2, 0.25) is 0 Å². The lowest BCUT2D eigenvalue weighted by molar-refractivity contribution is -0.139. The highest BCUT2D eigenvalue weighted by atomic mass is 16.5. The van der Waals surface area contributed by atoms with Gasteiger partial charge in [-0.25, -0.2) is 9.59 Å². The minimum absolute atomic E-state index is 0.0894. The van der Waals surface area contributed by atoms with E-state index < -0.39 is 18.0 Å². The smallest absolute Gasteiger partial charge is 0.326 e. The van der Waals surface area contributed by atoms with Gasteiger partial charge in [0.25, 0.3) is 0 Å². The molecule has 1 heterocycles. The van der Waals surface area contributed by atoms with Crippen LogP contribution in [-0.2, 0) is 9.53 Å². The van der Waals surface area contributed by atoms with Crippen LogP contribution < -0.4 is 10.6 Å². The Kier molecular flexibility index (Phi) is 3.75. The first kappa shape index (κ1) is 13.1. The summed E-state index contributed by atoms with van der Waals surface area (Å²) in [6, 6.07) is -1.19. The summed E-state index contributed by atoms with van der Waals surface area (Å²) in [4.78, 5) is 22.6. The number of carboxylic acids is 1. The van der Waals surface area contributed by atoms with Gasteiger partial charge in [0.15, 0.2) is 0 Å². The van der Waals surface area contributed by atoms with Crippen LogP contribution in [-0.4, -0.2) is 41.9 Å². The Labute approximate surface area is 106 Å². The SMILES string of the molecule is CC1(CNC(=O)NC(C(=O)O)C2CC2)CCCO1. The minimum Gasteiger partial charge on any atom is -0.480 e. The van der Waals surface area contributed by atoms with E-state index in [1.165, 1.54) is 0 Å². The van der Waals surface area contributed by atoms with E-state index in [2.05, 4.69) is 10.6 Å². The van der Waals surface area contributed by atoms with Crippen molar-refractivity contribution in [2.45, 2.75) is 44.2 Å². The highest BCUT2D eigenvalue weighted by Crippen LogP contribution is 2.32. The Morgan fingerprint density at radius 2 is 2.22 bits per heavy atom. The molecule has 18 heavy (non-hydrogen) atoms. The molecule has 1 saturated heterocycles. The van der Waals surface area contributed by atoms with Crippen LogP contribution in [0.25, 0.3) is 0 Å². The molecule has 0 aromatic heterocycles. The Hall–Kier alpha value is -1.30. The Balaban J connectivity index is 1.75. The van der Waals surface area contributed by atoms with E-state index in [-0.39, 0.29) is 11.5 Å². The van der Waals surface area contributed by atoms with Crippen LogP contribution in [0.5, 0.6) is 0 Å². The molecular formula is C12H20N2O4. The van der Waals surface area contributed by atoms with E-state index in [1.54, 1.807) is 0 Å². The molecule has 0 aromatic rings. The molecule has 6 nitrogen and oxygen atoms in total. The summed E-state index contributed by atoms with van der Waals surface area (Å²) in [5.74, 6) is -0.873. The third-order valence-electron chi connectivity index (χ3n) is 3.57. The standard InChI is InChI=1S/C12H20N2O4/c1-12(5-2-6-18-12)7-13-11(17)14-9(10(15)16)8-3-4-8/h8-9H,2-7H2,1H3,(H,15,16)(H2,13,14,17). The van der Waals surface area contributed by atoms with Gasteiger partial charge in [-0.3, -0.25) is 0 Å². The van der Waals surface area contributed by atoms with Crippen molar-refractivity contribution in [3.8, 4) is 0 Å². The molecule has 0 radical (unpaired) electrons. The molecule has 2 rings (SSSR count). The maximum atomic E-state index is 11.6. The molecule has 2 atom stereocenters. The van der Waals surface area contributed by atoms with E-state index in [0.29, 0.717) is 6.54 Å². The zero-order chi connectivity index (χ0) is 13.2. The summed E-state index contributed by atoms with van der Waals surface area (Å²) in [7, 11) is 0. The first-order chi connectivity index (χ1) is 8.50. The van der Waals surface area contributed by atoms with Gasteiger partial charge in [-0.1, -0.05) is 0 Å². The molecule has 6 heteroatoms. The lowest BCUT2D eigenvalue weighted by atomic mass is 10.0. The molecular weight excluding hydrogens is 236 g/mol. The second-order valence-corrected chi connectivity index (χ2v) is 5.38. The summed E-state index contributed by atoms with van der Waals surface area (Å²) in [6.07, 6.45) is 3.66. The monoisotopic (exact) mass is 256 g/mol. The maximum Gasteiger partial charge on any atom is 0.326 e. The van der Waals surface area contributed by atoms with Crippen molar-refractivity contribution >= 4 is 12.0 Å². The van der Waals surface area contributed by atoms with Crippen molar-refractivity contribution in [2.24, 2.45) is 5.92 Å². The fourth-order valence-corrected chi connectivity index (χ4v) is 2.25. The molecule has 0 spiro atoms. The summed E-state index contributed by atoms with van der Waals surface area (Å²) in [5, 5.41) is 14.2. The second-order valence-electron chi connectivity index (χ2n) is 5.38. The number of hydrogen-bond donors (Lipinski definition) is 3. The molecule has 0 aromatic carbocycles. The van der Waals surface area contributed by atoms with Gasteiger partial charge in [0.1, 0.15) is 6.04 Å². The first-order valence-corrected chi connectivity index (χ1v) is 6.41.